The summed E-state index contributed by atoms with van der Waals surface area (Å²) in [6, 6.07) is 16.3. The molecule has 1 atom stereocenters. The first-order valence-corrected chi connectivity index (χ1v) is 15.2. The van der Waals surface area contributed by atoms with E-state index in [4.69, 9.17) is 9.47 Å². The number of rotatable bonds is 12. The third-order valence-electron chi connectivity index (χ3n) is 6.92. The molecule has 0 fully saturated rings. The summed E-state index contributed by atoms with van der Waals surface area (Å²) >= 11 is 0. The minimum Gasteiger partial charge on any atom is -0.493 e. The Hall–Kier alpha value is -4.05. The number of methoxy groups -OCH3 is 2. The maximum atomic E-state index is 14.2. The summed E-state index contributed by atoms with van der Waals surface area (Å²) in [5.41, 5.74) is 3.83. The highest BCUT2D eigenvalue weighted by Gasteiger charge is 2.33. The molecule has 10 heteroatoms. The van der Waals surface area contributed by atoms with Crippen LogP contribution in [-0.4, -0.2) is 58.0 Å². The van der Waals surface area contributed by atoms with Crippen molar-refractivity contribution in [3.8, 4) is 11.5 Å². The number of aryl methyl sites for hydroxylation is 3. The molecular formula is C32H41N3O6S. The van der Waals surface area contributed by atoms with E-state index in [1.165, 1.54) is 37.3 Å². The van der Waals surface area contributed by atoms with Crippen LogP contribution < -0.4 is 19.1 Å². The maximum absolute atomic E-state index is 14.2. The van der Waals surface area contributed by atoms with Gasteiger partial charge in [-0.25, -0.2) is 8.42 Å². The first-order chi connectivity index (χ1) is 19.8. The minimum absolute atomic E-state index is 0.0665. The Balaban J connectivity index is 2.12. The predicted molar refractivity (Wildman–Crippen MR) is 164 cm³/mol. The van der Waals surface area contributed by atoms with Crippen LogP contribution in [0.15, 0.2) is 65.6 Å². The molecule has 0 aliphatic rings. The van der Waals surface area contributed by atoms with Crippen molar-refractivity contribution < 1.29 is 27.5 Å². The zero-order valence-electron chi connectivity index (χ0n) is 25.6. The largest absolute Gasteiger partial charge is 0.493 e. The van der Waals surface area contributed by atoms with Crippen molar-refractivity contribution in [2.75, 3.05) is 25.1 Å². The lowest BCUT2D eigenvalue weighted by atomic mass is 10.1. The van der Waals surface area contributed by atoms with Crippen LogP contribution in [0.3, 0.4) is 0 Å². The van der Waals surface area contributed by atoms with Crippen molar-refractivity contribution in [2.24, 2.45) is 0 Å². The van der Waals surface area contributed by atoms with Gasteiger partial charge in [0.2, 0.25) is 11.8 Å². The summed E-state index contributed by atoms with van der Waals surface area (Å²) in [6.45, 7) is 10.6. The van der Waals surface area contributed by atoms with E-state index in [1.807, 2.05) is 65.0 Å². The summed E-state index contributed by atoms with van der Waals surface area (Å²) < 4.78 is 40.2. The third kappa shape index (κ3) is 7.61. The summed E-state index contributed by atoms with van der Waals surface area (Å²) in [5, 5.41) is 2.87. The van der Waals surface area contributed by atoms with Gasteiger partial charge in [0.1, 0.15) is 12.6 Å². The van der Waals surface area contributed by atoms with Crippen molar-refractivity contribution >= 4 is 27.5 Å². The zero-order valence-corrected chi connectivity index (χ0v) is 26.4. The highest BCUT2D eigenvalue weighted by Crippen LogP contribution is 2.33. The molecule has 0 unspecified atom stereocenters. The molecule has 3 aromatic carbocycles. The zero-order chi connectivity index (χ0) is 31.2. The fourth-order valence-electron chi connectivity index (χ4n) is 4.69. The molecule has 0 bridgehead atoms. The Bertz CT molecular complexity index is 1520. The van der Waals surface area contributed by atoms with Gasteiger partial charge in [-0.3, -0.25) is 13.9 Å². The van der Waals surface area contributed by atoms with Gasteiger partial charge in [0.05, 0.1) is 24.8 Å². The number of nitrogens with one attached hydrogen (secondary N) is 1. The van der Waals surface area contributed by atoms with E-state index in [0.29, 0.717) is 11.4 Å². The average Bonchev–Trinajstić information content (AvgIpc) is 2.93. The molecule has 0 saturated heterocycles. The molecule has 1 N–H and O–H groups in total. The van der Waals surface area contributed by atoms with E-state index in [-0.39, 0.29) is 29.1 Å². The lowest BCUT2D eigenvalue weighted by Gasteiger charge is -2.33. The molecule has 0 saturated carbocycles. The maximum Gasteiger partial charge on any atom is 0.264 e. The standard InChI is InChI=1S/C32H41N3O6S/c1-21(2)33-32(37)25(6)34(19-26-12-10-9-11-24(26)5)31(36)20-35(27-16-22(3)15-23(4)17-27)42(38,39)28-13-14-29(40-7)30(18-28)41-8/h9-18,21,25H,19-20H2,1-8H3,(H,33,37)/t25-/m0/s1. The molecule has 0 aromatic heterocycles. The van der Waals surface area contributed by atoms with Crippen molar-refractivity contribution in [3.05, 3.63) is 82.9 Å². The summed E-state index contributed by atoms with van der Waals surface area (Å²) in [7, 11) is -1.38. The van der Waals surface area contributed by atoms with Gasteiger partial charge in [0, 0.05) is 18.7 Å². The molecule has 3 rings (SSSR count). The van der Waals surface area contributed by atoms with Crippen LogP contribution in [0.2, 0.25) is 0 Å². The topological polar surface area (TPSA) is 105 Å². The molecule has 42 heavy (non-hydrogen) atoms. The van der Waals surface area contributed by atoms with Crippen LogP contribution in [0.1, 0.15) is 43.0 Å². The molecule has 2 amide bonds. The van der Waals surface area contributed by atoms with E-state index in [9.17, 15) is 18.0 Å². The molecular weight excluding hydrogens is 554 g/mol. The molecule has 3 aromatic rings. The van der Waals surface area contributed by atoms with Gasteiger partial charge in [-0.2, -0.15) is 0 Å². The molecule has 0 spiro atoms. The van der Waals surface area contributed by atoms with Crippen molar-refractivity contribution in [1.29, 1.82) is 0 Å². The van der Waals surface area contributed by atoms with Crippen LogP contribution in [0.25, 0.3) is 0 Å². The van der Waals surface area contributed by atoms with Gasteiger partial charge in [-0.05, 0) is 88.1 Å². The average molecular weight is 596 g/mol. The van der Waals surface area contributed by atoms with Crippen LogP contribution in [0.4, 0.5) is 5.69 Å². The number of amides is 2. The molecule has 0 heterocycles. The van der Waals surface area contributed by atoms with Gasteiger partial charge in [-0.1, -0.05) is 30.3 Å². The Labute approximate surface area is 249 Å². The lowest BCUT2D eigenvalue weighted by Crippen LogP contribution is -2.52. The third-order valence-corrected chi connectivity index (χ3v) is 8.69. The van der Waals surface area contributed by atoms with E-state index < -0.39 is 28.5 Å². The normalized spacial score (nSPS) is 12.0. The second-order valence-corrected chi connectivity index (χ2v) is 12.5. The minimum atomic E-state index is -4.27. The van der Waals surface area contributed by atoms with Crippen LogP contribution in [0, 0.1) is 20.8 Å². The number of ether oxygens (including phenoxy) is 2. The van der Waals surface area contributed by atoms with E-state index in [2.05, 4.69) is 5.32 Å². The number of benzene rings is 3. The highest BCUT2D eigenvalue weighted by molar-refractivity contribution is 7.92. The van der Waals surface area contributed by atoms with E-state index in [0.717, 1.165) is 26.6 Å². The molecule has 9 nitrogen and oxygen atoms in total. The molecule has 0 aliphatic carbocycles. The Morgan fingerprint density at radius 3 is 2.05 bits per heavy atom. The van der Waals surface area contributed by atoms with E-state index >= 15 is 0 Å². The second-order valence-electron chi connectivity index (χ2n) is 10.7. The van der Waals surface area contributed by atoms with Crippen LogP contribution in [0.5, 0.6) is 11.5 Å². The number of carbonyl (C=O) groups excluding carboxylic acids is 2. The van der Waals surface area contributed by atoms with Crippen molar-refractivity contribution in [2.45, 2.75) is 65.1 Å². The fourth-order valence-corrected chi connectivity index (χ4v) is 6.10. The summed E-state index contributed by atoms with van der Waals surface area (Å²) in [6.07, 6.45) is 0. The summed E-state index contributed by atoms with van der Waals surface area (Å²) in [4.78, 5) is 28.6. The first-order valence-electron chi connectivity index (χ1n) is 13.8. The SMILES string of the molecule is COc1ccc(S(=O)(=O)N(CC(=O)N(Cc2ccccc2C)[C@@H](C)C(=O)NC(C)C)c2cc(C)cc(C)c2)cc1OC. The monoisotopic (exact) mass is 595 g/mol. The number of hydrogen-bond donors (Lipinski definition) is 1. The fraction of sp³-hybridized carbons (Fsp3) is 0.375. The number of hydrogen-bond acceptors (Lipinski definition) is 6. The van der Waals surface area contributed by atoms with E-state index in [1.54, 1.807) is 19.1 Å². The van der Waals surface area contributed by atoms with Gasteiger partial charge in [0.15, 0.2) is 11.5 Å². The van der Waals surface area contributed by atoms with Crippen LogP contribution >= 0.6 is 0 Å². The quantitative estimate of drug-likeness (QED) is 0.324. The van der Waals surface area contributed by atoms with Gasteiger partial charge >= 0.3 is 0 Å². The van der Waals surface area contributed by atoms with Crippen molar-refractivity contribution in [3.63, 3.8) is 0 Å². The Morgan fingerprint density at radius 2 is 1.48 bits per heavy atom. The van der Waals surface area contributed by atoms with Gasteiger partial charge in [-0.15, -0.1) is 0 Å². The lowest BCUT2D eigenvalue weighted by molar-refractivity contribution is -0.139. The highest BCUT2D eigenvalue weighted by atomic mass is 32.2. The Kier molecular flexibility index (Phi) is 10.6. The number of nitrogens with zero attached hydrogens (tertiary/aromatic N) is 2. The molecule has 0 radical (unpaired) electrons. The first kappa shape index (κ1) is 32.5. The number of anilines is 1. The van der Waals surface area contributed by atoms with Crippen LogP contribution in [-0.2, 0) is 26.2 Å². The predicted octanol–water partition coefficient (Wildman–Crippen LogP) is 4.77. The van der Waals surface area contributed by atoms with Gasteiger partial charge < -0.3 is 19.7 Å². The smallest absolute Gasteiger partial charge is 0.264 e. The Morgan fingerprint density at radius 1 is 0.857 bits per heavy atom. The molecule has 0 aliphatic heterocycles. The number of sulfonamides is 1. The van der Waals surface area contributed by atoms with Gasteiger partial charge in [0.25, 0.3) is 10.0 Å². The number of carbonyl (C=O) groups is 2. The summed E-state index contributed by atoms with van der Waals surface area (Å²) in [5.74, 6) is -0.231. The van der Waals surface area contributed by atoms with Crippen molar-refractivity contribution in [1.82, 2.24) is 10.2 Å². The molecule has 226 valence electrons. The second kappa shape index (κ2) is 13.7.